The molecule has 0 saturated carbocycles. The lowest BCUT2D eigenvalue weighted by atomic mass is 9.89. The molecule has 1 aromatic carbocycles. The Bertz CT molecular complexity index is 572. The summed E-state index contributed by atoms with van der Waals surface area (Å²) in [5, 5.41) is 13.1. The van der Waals surface area contributed by atoms with Gasteiger partial charge in [-0.1, -0.05) is 34.1 Å². The van der Waals surface area contributed by atoms with Crippen LogP contribution >= 0.6 is 15.9 Å². The molecule has 2 aromatic rings. The number of aliphatic hydroxyl groups is 1. The van der Waals surface area contributed by atoms with Crippen molar-refractivity contribution < 1.29 is 9.90 Å². The normalized spacial score (nSPS) is 13.6. The molecule has 5 heteroatoms. The lowest BCUT2D eigenvalue weighted by Crippen LogP contribution is -2.30. The minimum absolute atomic E-state index is 0.242. The summed E-state index contributed by atoms with van der Waals surface area (Å²) in [4.78, 5) is 16.1. The van der Waals surface area contributed by atoms with Crippen LogP contribution in [0.25, 0.3) is 0 Å². The number of likely N-dealkylation sites (N-methyl/N-ethyl adjacent to an activating group) is 1. The van der Waals surface area contributed by atoms with Crippen LogP contribution in [0.15, 0.2) is 53.3 Å². The molecule has 1 heterocycles. The maximum absolute atomic E-state index is 12.1. The van der Waals surface area contributed by atoms with Gasteiger partial charge >= 0.3 is 0 Å². The summed E-state index contributed by atoms with van der Waals surface area (Å²) in [5.41, 5.74) is 1.37. The molecule has 0 aliphatic carbocycles. The standard InChI is InChI=1S/C15H15BrN2O2/c1-17-15(20)13(11-3-2-8-18-9-11)14(19)10-4-6-12(16)7-5-10/h2-9,13-14,19H,1H3,(H,17,20). The van der Waals surface area contributed by atoms with Crippen LogP contribution in [0.4, 0.5) is 0 Å². The van der Waals surface area contributed by atoms with Gasteiger partial charge in [-0.25, -0.2) is 0 Å². The second-order valence-electron chi connectivity index (χ2n) is 4.37. The molecule has 0 aliphatic heterocycles. The number of hydrogen-bond donors (Lipinski definition) is 2. The molecule has 2 unspecified atom stereocenters. The van der Waals surface area contributed by atoms with Crippen molar-refractivity contribution in [2.24, 2.45) is 0 Å². The van der Waals surface area contributed by atoms with Gasteiger partial charge in [0.05, 0.1) is 12.0 Å². The van der Waals surface area contributed by atoms with Gasteiger partial charge in [0.15, 0.2) is 0 Å². The first-order chi connectivity index (χ1) is 9.63. The van der Waals surface area contributed by atoms with E-state index in [0.717, 1.165) is 4.47 Å². The minimum atomic E-state index is -0.924. The fourth-order valence-electron chi connectivity index (χ4n) is 2.04. The van der Waals surface area contributed by atoms with Gasteiger partial charge in [-0.05, 0) is 29.3 Å². The van der Waals surface area contributed by atoms with Crippen LogP contribution in [0.1, 0.15) is 23.1 Å². The van der Waals surface area contributed by atoms with E-state index in [2.05, 4.69) is 26.2 Å². The summed E-state index contributed by atoms with van der Waals surface area (Å²) in [7, 11) is 1.56. The number of hydrogen-bond acceptors (Lipinski definition) is 3. The molecular formula is C15H15BrN2O2. The van der Waals surface area contributed by atoms with Gasteiger partial charge in [-0.15, -0.1) is 0 Å². The quantitative estimate of drug-likeness (QED) is 0.902. The monoisotopic (exact) mass is 334 g/mol. The fourth-order valence-corrected chi connectivity index (χ4v) is 2.31. The number of carbonyl (C=O) groups excluding carboxylic acids is 1. The Balaban J connectivity index is 2.36. The van der Waals surface area contributed by atoms with Crippen LogP contribution in [0.5, 0.6) is 0 Å². The highest BCUT2D eigenvalue weighted by molar-refractivity contribution is 9.10. The van der Waals surface area contributed by atoms with Crippen LogP contribution in [0, 0.1) is 0 Å². The first-order valence-corrected chi connectivity index (χ1v) is 6.98. The van der Waals surface area contributed by atoms with E-state index < -0.39 is 12.0 Å². The molecule has 0 bridgehead atoms. The zero-order valence-electron chi connectivity index (χ0n) is 11.0. The number of benzene rings is 1. The summed E-state index contributed by atoms with van der Waals surface area (Å²) >= 11 is 3.35. The summed E-state index contributed by atoms with van der Waals surface area (Å²) in [6, 6.07) is 10.8. The van der Waals surface area contributed by atoms with Crippen LogP contribution in [-0.4, -0.2) is 23.0 Å². The maximum atomic E-state index is 12.1. The van der Waals surface area contributed by atoms with E-state index in [1.807, 2.05) is 12.1 Å². The largest absolute Gasteiger partial charge is 0.387 e. The molecule has 4 nitrogen and oxygen atoms in total. The van der Waals surface area contributed by atoms with Crippen LogP contribution in [0.2, 0.25) is 0 Å². The highest BCUT2D eigenvalue weighted by Gasteiger charge is 2.29. The van der Waals surface area contributed by atoms with Crippen molar-refractivity contribution in [1.29, 1.82) is 0 Å². The number of pyridine rings is 1. The van der Waals surface area contributed by atoms with Gasteiger partial charge in [-0.2, -0.15) is 0 Å². The third-order valence-corrected chi connectivity index (χ3v) is 3.63. The van der Waals surface area contributed by atoms with E-state index in [0.29, 0.717) is 11.1 Å². The van der Waals surface area contributed by atoms with Crippen LogP contribution < -0.4 is 5.32 Å². The number of nitrogens with one attached hydrogen (secondary N) is 1. The molecule has 0 aliphatic rings. The Labute approximate surface area is 126 Å². The Hall–Kier alpha value is -1.72. The summed E-state index contributed by atoms with van der Waals surface area (Å²) in [6.07, 6.45) is 2.31. The van der Waals surface area contributed by atoms with Gasteiger partial charge < -0.3 is 10.4 Å². The zero-order valence-corrected chi connectivity index (χ0v) is 12.5. The van der Waals surface area contributed by atoms with Crippen molar-refractivity contribution >= 4 is 21.8 Å². The number of rotatable bonds is 4. The average Bonchev–Trinajstić information content (AvgIpc) is 2.49. The number of nitrogens with zero attached hydrogens (tertiary/aromatic N) is 1. The fraction of sp³-hybridized carbons (Fsp3) is 0.200. The highest BCUT2D eigenvalue weighted by atomic mass is 79.9. The zero-order chi connectivity index (χ0) is 14.5. The Morgan fingerprint density at radius 2 is 1.95 bits per heavy atom. The van der Waals surface area contributed by atoms with E-state index in [9.17, 15) is 9.90 Å². The van der Waals surface area contributed by atoms with Crippen molar-refractivity contribution in [3.63, 3.8) is 0 Å². The summed E-state index contributed by atoms with van der Waals surface area (Å²) in [6.45, 7) is 0. The van der Waals surface area contributed by atoms with E-state index in [-0.39, 0.29) is 5.91 Å². The molecule has 20 heavy (non-hydrogen) atoms. The summed E-state index contributed by atoms with van der Waals surface area (Å²) < 4.78 is 0.923. The van der Waals surface area contributed by atoms with Gasteiger partial charge in [0.25, 0.3) is 0 Å². The number of aliphatic hydroxyl groups excluding tert-OH is 1. The van der Waals surface area contributed by atoms with E-state index in [1.54, 1.807) is 43.7 Å². The van der Waals surface area contributed by atoms with Gasteiger partial charge in [0.2, 0.25) is 5.91 Å². The molecule has 0 spiro atoms. The first kappa shape index (κ1) is 14.7. The third kappa shape index (κ3) is 3.23. The number of amides is 1. The van der Waals surface area contributed by atoms with Gasteiger partial charge in [0, 0.05) is 23.9 Å². The molecule has 104 valence electrons. The van der Waals surface area contributed by atoms with E-state index >= 15 is 0 Å². The topological polar surface area (TPSA) is 62.2 Å². The second kappa shape index (κ2) is 6.63. The van der Waals surface area contributed by atoms with Crippen molar-refractivity contribution in [2.45, 2.75) is 12.0 Å². The molecular weight excluding hydrogens is 320 g/mol. The van der Waals surface area contributed by atoms with Crippen molar-refractivity contribution in [1.82, 2.24) is 10.3 Å². The highest BCUT2D eigenvalue weighted by Crippen LogP contribution is 2.31. The van der Waals surface area contributed by atoms with Gasteiger partial charge in [0.1, 0.15) is 0 Å². The number of carbonyl (C=O) groups is 1. The predicted octanol–water partition coefficient (Wildman–Crippen LogP) is 2.41. The molecule has 2 N–H and O–H groups in total. The van der Waals surface area contributed by atoms with E-state index in [1.165, 1.54) is 0 Å². The molecule has 0 saturated heterocycles. The molecule has 2 rings (SSSR count). The van der Waals surface area contributed by atoms with Gasteiger partial charge in [-0.3, -0.25) is 9.78 Å². The smallest absolute Gasteiger partial charge is 0.230 e. The lowest BCUT2D eigenvalue weighted by molar-refractivity contribution is -0.124. The van der Waals surface area contributed by atoms with Crippen molar-refractivity contribution in [3.8, 4) is 0 Å². The average molecular weight is 335 g/mol. The van der Waals surface area contributed by atoms with Crippen molar-refractivity contribution in [3.05, 3.63) is 64.4 Å². The lowest BCUT2D eigenvalue weighted by Gasteiger charge is -2.22. The number of halogens is 1. The van der Waals surface area contributed by atoms with Crippen LogP contribution in [0.3, 0.4) is 0 Å². The Morgan fingerprint density at radius 1 is 1.25 bits per heavy atom. The molecule has 1 aromatic heterocycles. The number of aromatic nitrogens is 1. The second-order valence-corrected chi connectivity index (χ2v) is 5.29. The SMILES string of the molecule is CNC(=O)C(c1cccnc1)C(O)c1ccc(Br)cc1. The maximum Gasteiger partial charge on any atom is 0.230 e. The van der Waals surface area contributed by atoms with Crippen LogP contribution in [-0.2, 0) is 4.79 Å². The molecule has 0 fully saturated rings. The Kier molecular flexibility index (Phi) is 4.87. The van der Waals surface area contributed by atoms with Crippen molar-refractivity contribution in [2.75, 3.05) is 7.05 Å². The minimum Gasteiger partial charge on any atom is -0.387 e. The predicted molar refractivity (Wildman–Crippen MR) is 80.1 cm³/mol. The molecule has 2 atom stereocenters. The van der Waals surface area contributed by atoms with E-state index in [4.69, 9.17) is 0 Å². The molecule has 1 amide bonds. The summed E-state index contributed by atoms with van der Waals surface area (Å²) in [5.74, 6) is -0.928. The Morgan fingerprint density at radius 3 is 2.50 bits per heavy atom. The first-order valence-electron chi connectivity index (χ1n) is 6.18. The third-order valence-electron chi connectivity index (χ3n) is 3.10. The molecule has 0 radical (unpaired) electrons.